The zero-order valence-corrected chi connectivity index (χ0v) is 21.6. The molecule has 188 valence electrons. The van der Waals surface area contributed by atoms with E-state index in [0.29, 0.717) is 36.6 Å². The lowest BCUT2D eigenvalue weighted by molar-refractivity contribution is -0.129. The van der Waals surface area contributed by atoms with E-state index in [1.807, 2.05) is 55.5 Å². The van der Waals surface area contributed by atoms with Gasteiger partial charge in [-0.3, -0.25) is 14.5 Å². The highest BCUT2D eigenvalue weighted by Crippen LogP contribution is 2.24. The maximum Gasteiger partial charge on any atom is 0.410 e. The third kappa shape index (κ3) is 7.07. The number of benzene rings is 2. The molecule has 0 aliphatic carbocycles. The molecule has 3 rings (SSSR count). The summed E-state index contributed by atoms with van der Waals surface area (Å²) in [6, 6.07) is 13.6. The van der Waals surface area contributed by atoms with Crippen molar-refractivity contribution in [3.63, 3.8) is 0 Å². The minimum Gasteiger partial charge on any atom is -0.444 e. The first-order chi connectivity index (χ1) is 16.4. The second-order valence-electron chi connectivity index (χ2n) is 10.5. The summed E-state index contributed by atoms with van der Waals surface area (Å²) in [5, 5.41) is 5.81. The van der Waals surface area contributed by atoms with Gasteiger partial charge in [-0.15, -0.1) is 0 Å². The van der Waals surface area contributed by atoms with Crippen LogP contribution in [0.1, 0.15) is 76.1 Å². The van der Waals surface area contributed by atoms with Crippen LogP contribution < -0.4 is 10.6 Å². The quantitative estimate of drug-likeness (QED) is 0.587. The van der Waals surface area contributed by atoms with Gasteiger partial charge in [0, 0.05) is 12.2 Å². The second-order valence-corrected chi connectivity index (χ2v) is 10.5. The molecule has 0 saturated carbocycles. The van der Waals surface area contributed by atoms with Gasteiger partial charge in [0.25, 0.3) is 5.91 Å². The van der Waals surface area contributed by atoms with Crippen molar-refractivity contribution in [2.24, 2.45) is 0 Å². The summed E-state index contributed by atoms with van der Waals surface area (Å²) in [6.07, 6.45) is 0.696. The molecule has 0 spiro atoms. The number of hydrogen-bond acceptors (Lipinski definition) is 4. The fourth-order valence-electron chi connectivity index (χ4n) is 4.04. The summed E-state index contributed by atoms with van der Waals surface area (Å²) in [4.78, 5) is 40.8. The molecule has 1 fully saturated rings. The Balaban J connectivity index is 1.79. The molecule has 7 nitrogen and oxygen atoms in total. The molecule has 7 heteroatoms. The SMILES string of the molecule is Cc1ccc([C@@H](NC(=O)[C@@H]2CCCN2C(=O)OC(C)(C)C)C(=O)Nc2ccc(C(C)C)cc2)cc1. The number of rotatable bonds is 6. The van der Waals surface area contributed by atoms with E-state index in [0.717, 1.165) is 5.56 Å². The lowest BCUT2D eigenvalue weighted by Gasteiger charge is -2.29. The Morgan fingerprint density at radius 3 is 2.14 bits per heavy atom. The highest BCUT2D eigenvalue weighted by molar-refractivity contribution is 5.99. The molecule has 0 unspecified atom stereocenters. The fourth-order valence-corrected chi connectivity index (χ4v) is 4.04. The van der Waals surface area contributed by atoms with Crippen molar-refractivity contribution in [1.82, 2.24) is 10.2 Å². The van der Waals surface area contributed by atoms with Crippen LogP contribution in [0.4, 0.5) is 10.5 Å². The Morgan fingerprint density at radius 2 is 1.57 bits per heavy atom. The molecule has 0 radical (unpaired) electrons. The van der Waals surface area contributed by atoms with Gasteiger partial charge in [-0.1, -0.05) is 55.8 Å². The summed E-state index contributed by atoms with van der Waals surface area (Å²) in [5.74, 6) is -0.329. The fraction of sp³-hybridized carbons (Fsp3) is 0.464. The topological polar surface area (TPSA) is 87.7 Å². The zero-order chi connectivity index (χ0) is 25.8. The number of hydrogen-bond donors (Lipinski definition) is 2. The van der Waals surface area contributed by atoms with Crippen molar-refractivity contribution >= 4 is 23.6 Å². The number of amides is 3. The van der Waals surface area contributed by atoms with Crippen LogP contribution in [0, 0.1) is 6.92 Å². The first-order valence-electron chi connectivity index (χ1n) is 12.2. The molecule has 35 heavy (non-hydrogen) atoms. The average molecular weight is 480 g/mol. The van der Waals surface area contributed by atoms with E-state index in [-0.39, 0.29) is 11.8 Å². The van der Waals surface area contributed by atoms with E-state index in [1.54, 1.807) is 20.8 Å². The lowest BCUT2D eigenvalue weighted by atomic mass is 10.0. The number of carbonyl (C=O) groups excluding carboxylic acids is 3. The Morgan fingerprint density at radius 1 is 0.971 bits per heavy atom. The molecule has 2 atom stereocenters. The number of aryl methyl sites for hydroxylation is 1. The number of carbonyl (C=O) groups is 3. The van der Waals surface area contributed by atoms with E-state index in [1.165, 1.54) is 10.5 Å². The van der Waals surface area contributed by atoms with Crippen LogP contribution in [0.2, 0.25) is 0 Å². The summed E-state index contributed by atoms with van der Waals surface area (Å²) < 4.78 is 5.49. The van der Waals surface area contributed by atoms with Crippen molar-refractivity contribution in [2.45, 2.75) is 78.0 Å². The lowest BCUT2D eigenvalue weighted by Crippen LogP contribution is -2.49. The largest absolute Gasteiger partial charge is 0.444 e. The molecule has 2 aromatic rings. The van der Waals surface area contributed by atoms with Gasteiger partial charge in [-0.05, 0) is 69.7 Å². The smallest absolute Gasteiger partial charge is 0.410 e. The Hall–Kier alpha value is -3.35. The molecule has 2 N–H and O–H groups in total. The van der Waals surface area contributed by atoms with Gasteiger partial charge in [0.15, 0.2) is 0 Å². The van der Waals surface area contributed by atoms with Gasteiger partial charge in [0.2, 0.25) is 5.91 Å². The Kier molecular flexibility index (Phi) is 8.20. The van der Waals surface area contributed by atoms with E-state index in [4.69, 9.17) is 4.74 Å². The number of anilines is 1. The van der Waals surface area contributed by atoms with E-state index < -0.39 is 23.8 Å². The van der Waals surface area contributed by atoms with Crippen LogP contribution >= 0.6 is 0 Å². The summed E-state index contributed by atoms with van der Waals surface area (Å²) in [6.45, 7) is 12.0. The van der Waals surface area contributed by atoms with Gasteiger partial charge in [-0.2, -0.15) is 0 Å². The monoisotopic (exact) mass is 479 g/mol. The molecular formula is C28H37N3O4. The molecule has 3 amide bonds. The van der Waals surface area contributed by atoms with E-state index in [2.05, 4.69) is 24.5 Å². The summed E-state index contributed by atoms with van der Waals surface area (Å²) >= 11 is 0. The minimum absolute atomic E-state index is 0.346. The number of nitrogens with one attached hydrogen (secondary N) is 2. The standard InChI is InChI=1S/C28H37N3O4/c1-18(2)20-13-15-22(16-14-20)29-26(33)24(21-11-9-19(3)10-12-21)30-25(32)23-8-7-17-31(23)27(34)35-28(4,5)6/h9-16,18,23-24H,7-8,17H2,1-6H3,(H,29,33)(H,30,32)/t23-,24+/m0/s1. The number of ether oxygens (including phenoxy) is 1. The van der Waals surface area contributed by atoms with Gasteiger partial charge in [-0.25, -0.2) is 4.79 Å². The maximum atomic E-state index is 13.3. The van der Waals surface area contributed by atoms with E-state index >= 15 is 0 Å². The zero-order valence-electron chi connectivity index (χ0n) is 21.6. The number of likely N-dealkylation sites (tertiary alicyclic amines) is 1. The van der Waals surface area contributed by atoms with Crippen molar-refractivity contribution < 1.29 is 19.1 Å². The average Bonchev–Trinajstić information content (AvgIpc) is 3.28. The molecule has 1 aliphatic rings. The van der Waals surface area contributed by atoms with Gasteiger partial charge < -0.3 is 15.4 Å². The molecule has 1 aliphatic heterocycles. The molecular weight excluding hydrogens is 442 g/mol. The molecule has 0 bridgehead atoms. The molecule has 2 aromatic carbocycles. The highest BCUT2D eigenvalue weighted by atomic mass is 16.6. The molecule has 1 heterocycles. The third-order valence-corrected chi connectivity index (χ3v) is 5.99. The van der Waals surface area contributed by atoms with Crippen molar-refractivity contribution in [3.8, 4) is 0 Å². The van der Waals surface area contributed by atoms with Crippen LogP contribution in [0.25, 0.3) is 0 Å². The molecule has 1 saturated heterocycles. The van der Waals surface area contributed by atoms with Crippen LogP contribution in [0.15, 0.2) is 48.5 Å². The first-order valence-corrected chi connectivity index (χ1v) is 12.2. The Bertz CT molecular complexity index is 1040. The van der Waals surface area contributed by atoms with Crippen LogP contribution in [0.5, 0.6) is 0 Å². The van der Waals surface area contributed by atoms with E-state index in [9.17, 15) is 14.4 Å². The minimum atomic E-state index is -0.908. The number of nitrogens with zero attached hydrogens (tertiary/aromatic N) is 1. The highest BCUT2D eigenvalue weighted by Gasteiger charge is 2.38. The first kappa shape index (κ1) is 26.3. The van der Waals surface area contributed by atoms with Crippen molar-refractivity contribution in [3.05, 3.63) is 65.2 Å². The van der Waals surface area contributed by atoms with Gasteiger partial charge in [0.1, 0.15) is 17.7 Å². The van der Waals surface area contributed by atoms with Gasteiger partial charge in [0.05, 0.1) is 0 Å². The third-order valence-electron chi connectivity index (χ3n) is 5.99. The van der Waals surface area contributed by atoms with Crippen LogP contribution in [0.3, 0.4) is 0 Å². The van der Waals surface area contributed by atoms with Crippen molar-refractivity contribution in [1.29, 1.82) is 0 Å². The van der Waals surface area contributed by atoms with Crippen LogP contribution in [-0.2, 0) is 14.3 Å². The predicted molar refractivity (Wildman–Crippen MR) is 137 cm³/mol. The summed E-state index contributed by atoms with van der Waals surface area (Å²) in [7, 11) is 0. The van der Waals surface area contributed by atoms with Crippen LogP contribution in [-0.4, -0.2) is 41.0 Å². The second kappa shape index (κ2) is 10.9. The predicted octanol–water partition coefficient (Wildman–Crippen LogP) is 5.31. The summed E-state index contributed by atoms with van der Waals surface area (Å²) in [5.41, 5.74) is 2.89. The maximum absolute atomic E-state index is 13.3. The normalized spacial score (nSPS) is 16.7. The van der Waals surface area contributed by atoms with Crippen molar-refractivity contribution in [2.75, 3.05) is 11.9 Å². The Labute approximate surface area is 208 Å². The van der Waals surface area contributed by atoms with Gasteiger partial charge >= 0.3 is 6.09 Å². The molecule has 0 aromatic heterocycles.